The highest BCUT2D eigenvalue weighted by Crippen LogP contribution is 2.34. The van der Waals surface area contributed by atoms with Crippen LogP contribution >= 0.6 is 0 Å². The van der Waals surface area contributed by atoms with Crippen molar-refractivity contribution in [2.24, 2.45) is 0 Å². The second-order valence-corrected chi connectivity index (χ2v) is 8.66. The first-order chi connectivity index (χ1) is 16.5. The fraction of sp³-hybridized carbons (Fsp3) is 0.458. The van der Waals surface area contributed by atoms with Gasteiger partial charge in [0.25, 0.3) is 0 Å². The van der Waals surface area contributed by atoms with Crippen molar-refractivity contribution in [2.45, 2.75) is 44.0 Å². The minimum absolute atomic E-state index is 0.00262. The zero-order valence-corrected chi connectivity index (χ0v) is 18.6. The molecule has 2 aromatic heterocycles. The summed E-state index contributed by atoms with van der Waals surface area (Å²) in [4.78, 5) is 15.0. The van der Waals surface area contributed by atoms with Crippen LogP contribution in [-0.4, -0.2) is 53.4 Å². The van der Waals surface area contributed by atoms with Gasteiger partial charge in [-0.25, -0.2) is 4.98 Å². The minimum atomic E-state index is -4.41. The van der Waals surface area contributed by atoms with E-state index in [1.54, 1.807) is 12.4 Å². The molecule has 34 heavy (non-hydrogen) atoms. The third-order valence-corrected chi connectivity index (χ3v) is 6.30. The number of nitrogens with zero attached hydrogens (tertiary/aromatic N) is 4. The lowest BCUT2D eigenvalue weighted by atomic mass is 9.92. The molecule has 180 valence electrons. The van der Waals surface area contributed by atoms with E-state index in [2.05, 4.69) is 25.2 Å². The van der Waals surface area contributed by atoms with E-state index >= 15 is 0 Å². The summed E-state index contributed by atoms with van der Waals surface area (Å²) < 4.78 is 50.8. The van der Waals surface area contributed by atoms with E-state index in [0.717, 1.165) is 67.8 Å². The molecule has 10 heteroatoms. The van der Waals surface area contributed by atoms with Crippen LogP contribution < -0.4 is 15.0 Å². The number of pyridine rings is 1. The maximum Gasteiger partial charge on any atom is 0.417 e. The van der Waals surface area contributed by atoms with Crippen molar-refractivity contribution < 1.29 is 22.6 Å². The van der Waals surface area contributed by atoms with Gasteiger partial charge in [0, 0.05) is 55.7 Å². The van der Waals surface area contributed by atoms with E-state index in [1.165, 1.54) is 6.20 Å². The van der Waals surface area contributed by atoms with E-state index in [0.29, 0.717) is 24.7 Å². The van der Waals surface area contributed by atoms with Crippen LogP contribution in [0.25, 0.3) is 11.0 Å². The number of alkyl halides is 3. The average Bonchev–Trinajstić information content (AvgIpc) is 2.85. The molecule has 1 N–H and O–H groups in total. The van der Waals surface area contributed by atoms with Crippen LogP contribution in [0.5, 0.6) is 5.75 Å². The van der Waals surface area contributed by atoms with Crippen LogP contribution in [0.1, 0.15) is 31.2 Å². The summed E-state index contributed by atoms with van der Waals surface area (Å²) in [5.41, 5.74) is 2.20. The lowest BCUT2D eigenvalue weighted by molar-refractivity contribution is -0.137. The number of fused-ring (bicyclic) bond motifs is 1. The van der Waals surface area contributed by atoms with Gasteiger partial charge in [-0.05, 0) is 37.8 Å². The Morgan fingerprint density at radius 1 is 0.971 bits per heavy atom. The molecule has 0 amide bonds. The molecular weight excluding hydrogens is 447 g/mol. The largest absolute Gasteiger partial charge is 0.488 e. The molecule has 0 bridgehead atoms. The third-order valence-electron chi connectivity index (χ3n) is 6.30. The summed E-state index contributed by atoms with van der Waals surface area (Å²) in [7, 11) is 0. The maximum absolute atomic E-state index is 13.0. The highest BCUT2D eigenvalue weighted by molar-refractivity contribution is 5.85. The van der Waals surface area contributed by atoms with Crippen LogP contribution in [0.3, 0.4) is 0 Å². The van der Waals surface area contributed by atoms with Crippen LogP contribution in [0.4, 0.5) is 24.5 Å². The SMILES string of the molecule is FC(F)(F)c1cncc(N[C@H]2CC[C@@H](Oc3cc(N4CCOCC4)cc4nccnc34)CC2)c1. The van der Waals surface area contributed by atoms with Crippen LogP contribution in [0, 0.1) is 0 Å². The number of hydrogen-bond acceptors (Lipinski definition) is 7. The van der Waals surface area contributed by atoms with Gasteiger partial charge in [-0.3, -0.25) is 9.97 Å². The van der Waals surface area contributed by atoms with E-state index in [-0.39, 0.29) is 12.1 Å². The summed E-state index contributed by atoms with van der Waals surface area (Å²) in [6.45, 7) is 3.00. The molecule has 2 aliphatic rings. The monoisotopic (exact) mass is 473 g/mol. The molecule has 5 rings (SSSR count). The number of hydrogen-bond donors (Lipinski definition) is 1. The highest BCUT2D eigenvalue weighted by Gasteiger charge is 2.31. The molecular formula is C24H26F3N5O2. The van der Waals surface area contributed by atoms with E-state index in [9.17, 15) is 13.2 Å². The van der Waals surface area contributed by atoms with Gasteiger partial charge in [0.05, 0.1) is 36.1 Å². The number of benzene rings is 1. The van der Waals surface area contributed by atoms with Gasteiger partial charge in [0.15, 0.2) is 0 Å². The Hall–Kier alpha value is -3.14. The van der Waals surface area contributed by atoms with Gasteiger partial charge in [-0.1, -0.05) is 0 Å². The predicted molar refractivity (Wildman–Crippen MR) is 122 cm³/mol. The van der Waals surface area contributed by atoms with Gasteiger partial charge >= 0.3 is 6.18 Å². The normalized spacial score (nSPS) is 21.4. The van der Waals surface area contributed by atoms with Crippen LogP contribution in [-0.2, 0) is 10.9 Å². The zero-order chi connectivity index (χ0) is 23.5. The van der Waals surface area contributed by atoms with Crippen LogP contribution in [0.15, 0.2) is 43.0 Å². The molecule has 7 nitrogen and oxygen atoms in total. The molecule has 1 saturated heterocycles. The second kappa shape index (κ2) is 9.61. The molecule has 0 atom stereocenters. The smallest absolute Gasteiger partial charge is 0.417 e. The van der Waals surface area contributed by atoms with Gasteiger partial charge in [0.1, 0.15) is 11.3 Å². The van der Waals surface area contributed by atoms with Crippen molar-refractivity contribution in [1.29, 1.82) is 0 Å². The molecule has 1 aliphatic heterocycles. The first-order valence-electron chi connectivity index (χ1n) is 11.5. The van der Waals surface area contributed by atoms with Crippen molar-refractivity contribution in [2.75, 3.05) is 36.5 Å². The number of aromatic nitrogens is 3. The number of rotatable bonds is 5. The lowest BCUT2D eigenvalue weighted by Crippen LogP contribution is -2.36. The minimum Gasteiger partial charge on any atom is -0.488 e. The van der Waals surface area contributed by atoms with Gasteiger partial charge in [-0.2, -0.15) is 13.2 Å². The first kappa shape index (κ1) is 22.6. The van der Waals surface area contributed by atoms with Crippen molar-refractivity contribution in [1.82, 2.24) is 15.0 Å². The number of morpholine rings is 1. The molecule has 2 fully saturated rings. The first-order valence-corrected chi connectivity index (χ1v) is 11.5. The molecule has 3 heterocycles. The average molecular weight is 473 g/mol. The molecule has 1 aliphatic carbocycles. The number of anilines is 2. The molecule has 1 saturated carbocycles. The van der Waals surface area contributed by atoms with Crippen molar-refractivity contribution in [3.8, 4) is 5.75 Å². The Bertz CT molecular complexity index is 1130. The van der Waals surface area contributed by atoms with Gasteiger partial charge in [0.2, 0.25) is 0 Å². The highest BCUT2D eigenvalue weighted by atomic mass is 19.4. The Labute approximate surface area is 195 Å². The standard InChI is InChI=1S/C24H26F3N5O2/c25-24(26,27)16-11-18(15-28-14-16)31-17-1-3-20(4-2-17)34-22-13-19(32-7-9-33-10-8-32)12-21-23(22)30-6-5-29-21/h5-6,11-15,17,20,31H,1-4,7-10H2/t17-,20+. The summed E-state index contributed by atoms with van der Waals surface area (Å²) >= 11 is 0. The summed E-state index contributed by atoms with van der Waals surface area (Å²) in [6.07, 6.45) is 4.35. The summed E-state index contributed by atoms with van der Waals surface area (Å²) in [5.74, 6) is 0.713. The maximum atomic E-state index is 13.0. The van der Waals surface area contributed by atoms with Gasteiger partial charge in [-0.15, -0.1) is 0 Å². The molecule has 0 radical (unpaired) electrons. The zero-order valence-electron chi connectivity index (χ0n) is 18.6. The fourth-order valence-electron chi connectivity index (χ4n) is 4.54. The third kappa shape index (κ3) is 5.16. The molecule has 0 unspecified atom stereocenters. The number of nitrogens with one attached hydrogen (secondary N) is 1. The van der Waals surface area contributed by atoms with Gasteiger partial charge < -0.3 is 19.7 Å². The van der Waals surface area contributed by atoms with Crippen molar-refractivity contribution in [3.63, 3.8) is 0 Å². The predicted octanol–water partition coefficient (Wildman–Crippen LogP) is 4.68. The fourth-order valence-corrected chi connectivity index (χ4v) is 4.54. The van der Waals surface area contributed by atoms with E-state index in [1.807, 2.05) is 12.1 Å². The Kier molecular flexibility index (Phi) is 6.40. The Balaban J connectivity index is 1.25. The molecule has 0 spiro atoms. The Morgan fingerprint density at radius 2 is 1.74 bits per heavy atom. The van der Waals surface area contributed by atoms with Crippen molar-refractivity contribution in [3.05, 3.63) is 48.5 Å². The van der Waals surface area contributed by atoms with Crippen LogP contribution in [0.2, 0.25) is 0 Å². The van der Waals surface area contributed by atoms with E-state index < -0.39 is 11.7 Å². The Morgan fingerprint density at radius 3 is 2.50 bits per heavy atom. The van der Waals surface area contributed by atoms with Crippen molar-refractivity contribution >= 4 is 22.4 Å². The summed E-state index contributed by atoms with van der Waals surface area (Å²) in [6, 6.07) is 5.24. The second-order valence-electron chi connectivity index (χ2n) is 8.66. The lowest BCUT2D eigenvalue weighted by Gasteiger charge is -2.31. The quantitative estimate of drug-likeness (QED) is 0.577. The topological polar surface area (TPSA) is 72.4 Å². The summed E-state index contributed by atoms with van der Waals surface area (Å²) in [5, 5.41) is 3.20. The number of halogens is 3. The number of ether oxygens (including phenoxy) is 2. The molecule has 1 aromatic carbocycles. The molecule has 3 aromatic rings. The van der Waals surface area contributed by atoms with E-state index in [4.69, 9.17) is 9.47 Å².